The Hall–Kier alpha value is -3.73. The van der Waals surface area contributed by atoms with Crippen LogP contribution in [0.2, 0.25) is 0 Å². The summed E-state index contributed by atoms with van der Waals surface area (Å²) >= 11 is 0. The number of amides is 2. The second kappa shape index (κ2) is 15.9. The Bertz CT molecular complexity index is 1350. The highest BCUT2D eigenvalue weighted by Crippen LogP contribution is 2.19. The number of hydrogen-bond acceptors (Lipinski definition) is 6. The molecule has 2 amide bonds. The molecule has 3 aromatic carbocycles. The van der Waals surface area contributed by atoms with Crippen LogP contribution in [-0.4, -0.2) is 65.1 Å². The lowest BCUT2D eigenvalue weighted by Gasteiger charge is -2.31. The normalized spacial score (nSPS) is 12.0. The third-order valence-corrected chi connectivity index (χ3v) is 8.15. The zero-order valence-corrected chi connectivity index (χ0v) is 24.7. The maximum absolute atomic E-state index is 13.8. The fraction of sp³-hybridized carbons (Fsp3) is 0.355. The summed E-state index contributed by atoms with van der Waals surface area (Å²) in [5, 5.41) is 2.91. The van der Waals surface area contributed by atoms with E-state index >= 15 is 0 Å². The minimum atomic E-state index is -3.56. The number of carbonyl (C=O) groups excluding carboxylic acids is 2. The van der Waals surface area contributed by atoms with Crippen molar-refractivity contribution in [1.29, 1.82) is 0 Å². The highest BCUT2D eigenvalue weighted by molar-refractivity contribution is 7.89. The van der Waals surface area contributed by atoms with Crippen LogP contribution < -0.4 is 14.8 Å². The number of benzene rings is 3. The van der Waals surface area contributed by atoms with Gasteiger partial charge in [-0.3, -0.25) is 9.59 Å². The van der Waals surface area contributed by atoms with Crippen LogP contribution in [0.3, 0.4) is 0 Å². The van der Waals surface area contributed by atoms with Crippen LogP contribution in [0.4, 0.5) is 0 Å². The molecule has 3 rings (SSSR count). The molecule has 41 heavy (non-hydrogen) atoms. The average molecular weight is 582 g/mol. The van der Waals surface area contributed by atoms with Gasteiger partial charge in [0.15, 0.2) is 0 Å². The van der Waals surface area contributed by atoms with E-state index in [2.05, 4.69) is 10.0 Å². The Labute approximate surface area is 242 Å². The molecule has 9 nitrogen and oxygen atoms in total. The first-order chi connectivity index (χ1) is 19.8. The number of aryl methyl sites for hydroxylation is 1. The molecule has 0 aliphatic heterocycles. The number of carbonyl (C=O) groups is 2. The van der Waals surface area contributed by atoms with Gasteiger partial charge in [0.05, 0.1) is 18.6 Å². The molecule has 0 bridgehead atoms. The van der Waals surface area contributed by atoms with Crippen molar-refractivity contribution in [3.05, 3.63) is 95.6 Å². The maximum Gasteiger partial charge on any atom is 0.243 e. The zero-order chi connectivity index (χ0) is 29.7. The summed E-state index contributed by atoms with van der Waals surface area (Å²) in [6, 6.07) is 22.8. The van der Waals surface area contributed by atoms with Crippen LogP contribution in [0.1, 0.15) is 30.0 Å². The van der Waals surface area contributed by atoms with Gasteiger partial charge in [0, 0.05) is 39.6 Å². The van der Waals surface area contributed by atoms with Gasteiger partial charge >= 0.3 is 0 Å². The lowest BCUT2D eigenvalue weighted by atomic mass is 10.0. The van der Waals surface area contributed by atoms with E-state index in [-0.39, 0.29) is 29.7 Å². The second-order valence-corrected chi connectivity index (χ2v) is 11.3. The topological polar surface area (TPSA) is 114 Å². The van der Waals surface area contributed by atoms with E-state index in [1.807, 2.05) is 54.6 Å². The Kier molecular flexibility index (Phi) is 12.3. The third kappa shape index (κ3) is 9.70. The molecule has 0 aliphatic rings. The summed E-state index contributed by atoms with van der Waals surface area (Å²) in [5.41, 5.74) is 2.62. The fourth-order valence-corrected chi connectivity index (χ4v) is 5.42. The molecule has 0 spiro atoms. The lowest BCUT2D eigenvalue weighted by molar-refractivity contribution is -0.141. The van der Waals surface area contributed by atoms with Crippen LogP contribution in [0.5, 0.6) is 5.75 Å². The van der Waals surface area contributed by atoms with Gasteiger partial charge in [-0.2, -0.15) is 0 Å². The lowest BCUT2D eigenvalue weighted by Crippen LogP contribution is -2.51. The van der Waals surface area contributed by atoms with E-state index in [1.54, 1.807) is 38.2 Å². The Morgan fingerprint density at radius 3 is 2.15 bits per heavy atom. The van der Waals surface area contributed by atoms with E-state index in [0.717, 1.165) is 16.7 Å². The van der Waals surface area contributed by atoms with Crippen LogP contribution in [-0.2, 0) is 43.7 Å². The fourth-order valence-electron chi connectivity index (χ4n) is 4.38. The van der Waals surface area contributed by atoms with Gasteiger partial charge in [0.1, 0.15) is 11.8 Å². The number of sulfonamides is 1. The van der Waals surface area contributed by atoms with Gasteiger partial charge in [0.2, 0.25) is 21.8 Å². The molecule has 2 N–H and O–H groups in total. The Balaban J connectivity index is 1.86. The molecule has 0 radical (unpaired) electrons. The number of ether oxygens (including phenoxy) is 2. The summed E-state index contributed by atoms with van der Waals surface area (Å²) in [7, 11) is -0.404. The van der Waals surface area contributed by atoms with E-state index in [0.29, 0.717) is 38.3 Å². The molecule has 3 aromatic rings. The second-order valence-electron chi connectivity index (χ2n) is 9.50. The number of nitrogens with zero attached hydrogens (tertiary/aromatic N) is 1. The zero-order valence-electron chi connectivity index (χ0n) is 23.8. The van der Waals surface area contributed by atoms with Gasteiger partial charge in [-0.1, -0.05) is 61.5 Å². The molecule has 0 saturated heterocycles. The van der Waals surface area contributed by atoms with Crippen LogP contribution in [0.25, 0.3) is 0 Å². The molecular weight excluding hydrogens is 542 g/mol. The summed E-state index contributed by atoms with van der Waals surface area (Å²) in [5.74, 6) is 0.253. The predicted octanol–water partition coefficient (Wildman–Crippen LogP) is 3.33. The monoisotopic (exact) mass is 581 g/mol. The van der Waals surface area contributed by atoms with Crippen molar-refractivity contribution in [2.24, 2.45) is 0 Å². The Morgan fingerprint density at radius 2 is 1.54 bits per heavy atom. The van der Waals surface area contributed by atoms with Crippen molar-refractivity contribution in [3.8, 4) is 5.75 Å². The molecule has 0 saturated carbocycles. The summed E-state index contributed by atoms with van der Waals surface area (Å²) in [6.45, 7) is 2.94. The number of hydrogen-bond donors (Lipinski definition) is 2. The van der Waals surface area contributed by atoms with Crippen molar-refractivity contribution < 1.29 is 27.5 Å². The molecule has 0 aromatic heterocycles. The highest BCUT2D eigenvalue weighted by atomic mass is 32.2. The van der Waals surface area contributed by atoms with Gasteiger partial charge in [-0.15, -0.1) is 0 Å². The molecule has 10 heteroatoms. The van der Waals surface area contributed by atoms with E-state index < -0.39 is 16.1 Å². The average Bonchev–Trinajstić information content (AvgIpc) is 2.98. The minimum Gasteiger partial charge on any atom is -0.497 e. The summed E-state index contributed by atoms with van der Waals surface area (Å²) in [4.78, 5) is 29.1. The van der Waals surface area contributed by atoms with Gasteiger partial charge in [-0.05, 0) is 47.4 Å². The number of nitrogens with one attached hydrogen (secondary N) is 2. The standard InChI is InChI=1S/C31H39N3O6S/c1-4-33-41(37,38)28-17-12-24(13-18-28)14-19-30(35)34(23-26-10-15-27(40-3)16-11-26)29(31(36)32-20-21-39-2)22-25-8-6-5-7-9-25/h5-13,15-18,29,33H,4,14,19-23H2,1-3H3,(H,32,36). The Morgan fingerprint density at radius 1 is 0.878 bits per heavy atom. The maximum atomic E-state index is 13.8. The quantitative estimate of drug-likeness (QED) is 0.251. The predicted molar refractivity (Wildman–Crippen MR) is 158 cm³/mol. The van der Waals surface area contributed by atoms with Crippen LogP contribution >= 0.6 is 0 Å². The first kappa shape index (κ1) is 31.8. The van der Waals surface area contributed by atoms with E-state index in [9.17, 15) is 18.0 Å². The smallest absolute Gasteiger partial charge is 0.243 e. The van der Waals surface area contributed by atoms with Crippen molar-refractivity contribution in [3.63, 3.8) is 0 Å². The number of rotatable bonds is 16. The summed E-state index contributed by atoms with van der Waals surface area (Å²) in [6.07, 6.45) is 0.882. The largest absolute Gasteiger partial charge is 0.497 e. The van der Waals surface area contributed by atoms with Crippen molar-refractivity contribution in [2.75, 3.05) is 33.9 Å². The van der Waals surface area contributed by atoms with Crippen molar-refractivity contribution in [1.82, 2.24) is 14.9 Å². The van der Waals surface area contributed by atoms with Crippen LogP contribution in [0, 0.1) is 0 Å². The van der Waals surface area contributed by atoms with E-state index in [4.69, 9.17) is 9.47 Å². The molecule has 1 unspecified atom stereocenters. The minimum absolute atomic E-state index is 0.145. The van der Waals surface area contributed by atoms with Crippen molar-refractivity contribution >= 4 is 21.8 Å². The van der Waals surface area contributed by atoms with Gasteiger partial charge in [-0.25, -0.2) is 13.1 Å². The van der Waals surface area contributed by atoms with Crippen LogP contribution in [0.15, 0.2) is 83.8 Å². The molecule has 1 atom stereocenters. The van der Waals surface area contributed by atoms with Gasteiger partial charge in [0.25, 0.3) is 0 Å². The molecular formula is C31H39N3O6S. The third-order valence-electron chi connectivity index (χ3n) is 6.58. The van der Waals surface area contributed by atoms with Gasteiger partial charge < -0.3 is 19.7 Å². The van der Waals surface area contributed by atoms with E-state index in [1.165, 1.54) is 12.1 Å². The molecule has 0 fully saturated rings. The molecule has 0 aliphatic carbocycles. The number of methoxy groups -OCH3 is 2. The molecule has 0 heterocycles. The SMILES string of the molecule is CCNS(=O)(=O)c1ccc(CCC(=O)N(Cc2ccc(OC)cc2)C(Cc2ccccc2)C(=O)NCCOC)cc1. The highest BCUT2D eigenvalue weighted by Gasteiger charge is 2.30. The first-order valence-electron chi connectivity index (χ1n) is 13.6. The molecule has 220 valence electrons. The first-order valence-corrected chi connectivity index (χ1v) is 15.1. The van der Waals surface area contributed by atoms with Crippen molar-refractivity contribution in [2.45, 2.75) is 43.7 Å². The summed E-state index contributed by atoms with van der Waals surface area (Å²) < 4.78 is 37.4.